The number of para-hydroxylation sites is 1. The number of nitrogens with one attached hydrogen (secondary N) is 1. The molecule has 0 aliphatic heterocycles. The predicted octanol–water partition coefficient (Wildman–Crippen LogP) is 5.01. The summed E-state index contributed by atoms with van der Waals surface area (Å²) in [5, 5.41) is 4.12. The second-order valence-corrected chi connectivity index (χ2v) is 8.76. The van der Waals surface area contributed by atoms with Crippen molar-refractivity contribution in [1.29, 1.82) is 0 Å². The molecule has 0 saturated carbocycles. The number of anilines is 1. The van der Waals surface area contributed by atoms with Gasteiger partial charge < -0.3 is 14.6 Å². The molecule has 5 rings (SSSR count). The van der Waals surface area contributed by atoms with E-state index in [1.165, 1.54) is 0 Å². The number of halogens is 1. The van der Waals surface area contributed by atoms with Crippen LogP contribution in [0.5, 0.6) is 5.75 Å². The number of carbonyl (C=O) groups is 1. The van der Waals surface area contributed by atoms with E-state index in [0.717, 1.165) is 27.8 Å². The van der Waals surface area contributed by atoms with Gasteiger partial charge in [-0.2, -0.15) is 0 Å². The molecule has 7 nitrogen and oxygen atoms in total. The van der Waals surface area contributed by atoms with Gasteiger partial charge >= 0.3 is 0 Å². The van der Waals surface area contributed by atoms with Crippen LogP contribution in [0.3, 0.4) is 0 Å². The number of fused-ring (bicyclic) bond motifs is 3. The highest BCUT2D eigenvalue weighted by molar-refractivity contribution is 6.33. The molecule has 0 aliphatic rings. The zero-order chi connectivity index (χ0) is 24.5. The van der Waals surface area contributed by atoms with Crippen LogP contribution < -0.4 is 15.6 Å². The summed E-state index contributed by atoms with van der Waals surface area (Å²) in [6, 6.07) is 20.4. The summed E-state index contributed by atoms with van der Waals surface area (Å²) in [5.41, 5.74) is 4.01. The third-order valence-corrected chi connectivity index (χ3v) is 6.27. The van der Waals surface area contributed by atoms with Crippen molar-refractivity contribution in [1.82, 2.24) is 14.1 Å². The first kappa shape index (κ1) is 22.7. The maximum Gasteiger partial charge on any atom is 0.278 e. The monoisotopic (exact) mass is 486 g/mol. The molecule has 0 bridgehead atoms. The van der Waals surface area contributed by atoms with Crippen molar-refractivity contribution in [2.75, 3.05) is 12.4 Å². The molecular formula is C27H23ClN4O3. The van der Waals surface area contributed by atoms with Crippen LogP contribution in [0.15, 0.2) is 77.9 Å². The largest absolute Gasteiger partial charge is 0.497 e. The molecule has 35 heavy (non-hydrogen) atoms. The van der Waals surface area contributed by atoms with E-state index < -0.39 is 0 Å². The number of benzene rings is 3. The average Bonchev–Trinajstić information content (AvgIpc) is 3.15. The van der Waals surface area contributed by atoms with E-state index in [-0.39, 0.29) is 18.0 Å². The van der Waals surface area contributed by atoms with E-state index in [0.29, 0.717) is 28.3 Å². The molecule has 0 atom stereocenters. The van der Waals surface area contributed by atoms with E-state index >= 15 is 0 Å². The number of aryl methyl sites for hydroxylation is 1. The van der Waals surface area contributed by atoms with Crippen LogP contribution in [0.1, 0.15) is 11.1 Å². The van der Waals surface area contributed by atoms with E-state index in [9.17, 15) is 9.59 Å². The summed E-state index contributed by atoms with van der Waals surface area (Å²) in [6.45, 7) is 2.27. The summed E-state index contributed by atoms with van der Waals surface area (Å²) >= 11 is 6.21. The molecule has 1 N–H and O–H groups in total. The normalized spacial score (nSPS) is 11.2. The minimum absolute atomic E-state index is 0.0578. The fraction of sp³-hybridized carbons (Fsp3) is 0.148. The molecule has 0 saturated heterocycles. The minimum atomic E-state index is -0.289. The van der Waals surface area contributed by atoms with Gasteiger partial charge in [0.05, 0.1) is 36.2 Å². The average molecular weight is 487 g/mol. The van der Waals surface area contributed by atoms with E-state index in [1.54, 1.807) is 46.8 Å². The van der Waals surface area contributed by atoms with E-state index in [2.05, 4.69) is 10.3 Å². The molecule has 3 aromatic carbocycles. The number of rotatable bonds is 6. The highest BCUT2D eigenvalue weighted by Crippen LogP contribution is 2.27. The maximum atomic E-state index is 13.6. The summed E-state index contributed by atoms with van der Waals surface area (Å²) in [5.74, 6) is 0.456. The van der Waals surface area contributed by atoms with Crippen molar-refractivity contribution in [3.8, 4) is 5.75 Å². The van der Waals surface area contributed by atoms with E-state index in [1.807, 2.05) is 49.4 Å². The lowest BCUT2D eigenvalue weighted by atomic mass is 10.1. The Morgan fingerprint density at radius 2 is 1.86 bits per heavy atom. The van der Waals surface area contributed by atoms with Gasteiger partial charge in [-0.25, -0.2) is 4.98 Å². The van der Waals surface area contributed by atoms with E-state index in [4.69, 9.17) is 16.3 Å². The van der Waals surface area contributed by atoms with Crippen LogP contribution in [0.25, 0.3) is 21.9 Å². The van der Waals surface area contributed by atoms with Crippen molar-refractivity contribution in [2.24, 2.45) is 0 Å². The van der Waals surface area contributed by atoms with Crippen LogP contribution in [-0.2, 0) is 17.9 Å². The predicted molar refractivity (Wildman–Crippen MR) is 138 cm³/mol. The Morgan fingerprint density at radius 1 is 1.09 bits per heavy atom. The number of hydrogen-bond acceptors (Lipinski definition) is 4. The number of hydrogen-bond donors (Lipinski definition) is 1. The van der Waals surface area contributed by atoms with Gasteiger partial charge in [-0.15, -0.1) is 0 Å². The van der Waals surface area contributed by atoms with Crippen LogP contribution in [0, 0.1) is 6.92 Å². The summed E-state index contributed by atoms with van der Waals surface area (Å²) in [6.07, 6.45) is 1.56. The molecule has 2 aromatic heterocycles. The second kappa shape index (κ2) is 9.27. The molecule has 0 fully saturated rings. The van der Waals surface area contributed by atoms with Crippen LogP contribution in [0.2, 0.25) is 5.02 Å². The highest BCUT2D eigenvalue weighted by Gasteiger charge is 2.19. The van der Waals surface area contributed by atoms with Gasteiger partial charge in [0.2, 0.25) is 5.91 Å². The molecular weight excluding hydrogens is 464 g/mol. The molecule has 0 unspecified atom stereocenters. The fourth-order valence-electron chi connectivity index (χ4n) is 4.21. The standard InChI is InChI=1S/C27H23ClN4O3/c1-17-7-12-23-20(13-17)25-26(32(23)15-24(33)30-22-6-4-3-5-21(22)28)27(34)31(16-29-25)14-18-8-10-19(35-2)11-9-18/h3-13,16H,14-15H2,1-2H3,(H,30,33). The van der Waals surface area contributed by atoms with Gasteiger partial charge in [-0.3, -0.25) is 14.2 Å². The van der Waals surface area contributed by atoms with Crippen molar-refractivity contribution >= 4 is 45.1 Å². The smallest absolute Gasteiger partial charge is 0.278 e. The van der Waals surface area contributed by atoms with Crippen molar-refractivity contribution in [2.45, 2.75) is 20.0 Å². The first-order chi connectivity index (χ1) is 16.9. The Hall–Kier alpha value is -4.10. The number of methoxy groups -OCH3 is 1. The van der Waals surface area contributed by atoms with Gasteiger partial charge in [0.25, 0.3) is 5.56 Å². The lowest BCUT2D eigenvalue weighted by Crippen LogP contribution is -2.25. The highest BCUT2D eigenvalue weighted by atomic mass is 35.5. The van der Waals surface area contributed by atoms with Gasteiger partial charge in [0.15, 0.2) is 0 Å². The number of nitrogens with zero attached hydrogens (tertiary/aromatic N) is 3. The Labute approximate surface area is 206 Å². The SMILES string of the molecule is COc1ccc(Cn2cnc3c4cc(C)ccc4n(CC(=O)Nc4ccccc4Cl)c3c2=O)cc1. The maximum absolute atomic E-state index is 13.6. The molecule has 0 spiro atoms. The lowest BCUT2D eigenvalue weighted by Gasteiger charge is -2.11. The molecule has 2 heterocycles. The number of amides is 1. The molecule has 0 radical (unpaired) electrons. The summed E-state index contributed by atoms with van der Waals surface area (Å²) < 4.78 is 8.50. The van der Waals surface area contributed by atoms with Gasteiger partial charge in [0, 0.05) is 5.39 Å². The van der Waals surface area contributed by atoms with Crippen LogP contribution in [-0.4, -0.2) is 27.1 Å². The van der Waals surface area contributed by atoms with Crippen LogP contribution >= 0.6 is 11.6 Å². The molecule has 8 heteroatoms. The molecule has 5 aromatic rings. The topological polar surface area (TPSA) is 78.2 Å². The van der Waals surface area contributed by atoms with Crippen molar-refractivity contribution < 1.29 is 9.53 Å². The first-order valence-corrected chi connectivity index (χ1v) is 11.5. The summed E-state index contributed by atoms with van der Waals surface area (Å²) in [7, 11) is 1.61. The van der Waals surface area contributed by atoms with Gasteiger partial charge in [-0.05, 0) is 48.9 Å². The number of carbonyl (C=O) groups excluding carboxylic acids is 1. The summed E-state index contributed by atoms with van der Waals surface area (Å²) in [4.78, 5) is 31.3. The van der Waals surface area contributed by atoms with Crippen molar-refractivity contribution in [3.05, 3.63) is 99.6 Å². The van der Waals surface area contributed by atoms with Gasteiger partial charge in [-0.1, -0.05) is 47.5 Å². The number of aromatic nitrogens is 3. The Kier molecular flexibility index (Phi) is 6.01. The fourth-order valence-corrected chi connectivity index (χ4v) is 4.40. The zero-order valence-electron chi connectivity index (χ0n) is 19.3. The third-order valence-electron chi connectivity index (χ3n) is 5.94. The molecule has 1 amide bonds. The molecule has 176 valence electrons. The third kappa shape index (κ3) is 4.38. The lowest BCUT2D eigenvalue weighted by molar-refractivity contribution is -0.116. The quantitative estimate of drug-likeness (QED) is 0.366. The number of ether oxygens (including phenoxy) is 1. The minimum Gasteiger partial charge on any atom is -0.497 e. The second-order valence-electron chi connectivity index (χ2n) is 8.36. The van der Waals surface area contributed by atoms with Gasteiger partial charge in [0.1, 0.15) is 23.3 Å². The Balaban J connectivity index is 1.59. The Morgan fingerprint density at radius 3 is 2.60 bits per heavy atom. The Bertz CT molecular complexity index is 1620. The van der Waals surface area contributed by atoms with Crippen molar-refractivity contribution in [3.63, 3.8) is 0 Å². The molecule has 0 aliphatic carbocycles. The van der Waals surface area contributed by atoms with Crippen LogP contribution in [0.4, 0.5) is 5.69 Å². The first-order valence-electron chi connectivity index (χ1n) is 11.1. The zero-order valence-corrected chi connectivity index (χ0v) is 20.0.